The Morgan fingerprint density at radius 1 is 0.147 bits per heavy atom. The molecule has 6 aromatic heterocycles. The average Bonchev–Trinajstić information content (AvgIpc) is 1.58. The smallest absolute Gasteiger partial charge is 0.160 e. The largest absolute Gasteiger partial charge is 0.317 e. The standard InChI is InChI=1S/2C47H31N3.C46H30N4/c1-4-14-32(15-5-1)41-29-36(30-42(48-41)33-16-6-2-7-17-33)34-18-12-22-38(28-34)50-43-24-11-10-23-39(43)47-40-26-27-49(37-20-8-3-9-21-37)44-25-13-19-35(46(40)44)31-45(47)50;1-4-14-32(15-5-1)36-29-41(33-16-6-2-7-17-33)48-42(30-36)34-18-12-22-38(28-34)50-43-24-11-10-23-39(43)47-40-26-27-49(37-20-8-3-9-21-37)44-25-13-19-35(46(40)44)31-45(47)50;1-4-14-31(15-5-1)39-30-40(32-16-6-2-7-17-32)48-46(47-39)34-19-12-22-36(28-34)50-41-24-11-10-23-37(41)45-38-26-27-49(35-20-8-3-9-21-35)42-25-13-18-33(44(38)42)29-43(45)50/h2*1-31H;1-30H. The number of para-hydroxylation sites is 6. The number of fused-ring (bicyclic) bond motifs is 12. The van der Waals surface area contributed by atoms with Gasteiger partial charge in [0.25, 0.3) is 0 Å². The normalized spacial score (nSPS) is 12.3. The van der Waals surface area contributed by atoms with Crippen LogP contribution in [0.5, 0.6) is 0 Å². The number of nitrogens with zero attached hydrogens (tertiary/aromatic N) is 10. The summed E-state index contributed by atoms with van der Waals surface area (Å²) in [6.07, 6.45) is 13.5. The Morgan fingerprint density at radius 3 is 0.733 bits per heavy atom. The van der Waals surface area contributed by atoms with Gasteiger partial charge in [-0.1, -0.05) is 364 Å². The van der Waals surface area contributed by atoms with Crippen LogP contribution in [-0.4, -0.2) is 33.6 Å². The first-order valence-corrected chi connectivity index (χ1v) is 51.0. The quantitative estimate of drug-likeness (QED) is 0.101. The van der Waals surface area contributed by atoms with E-state index >= 15 is 0 Å². The van der Waals surface area contributed by atoms with Gasteiger partial charge in [-0.2, -0.15) is 0 Å². The number of benzene rings is 21. The molecule has 27 aromatic rings. The summed E-state index contributed by atoms with van der Waals surface area (Å²) in [5, 5.41) is 15.0. The zero-order valence-corrected chi connectivity index (χ0v) is 81.6. The summed E-state index contributed by atoms with van der Waals surface area (Å²) in [4.78, 5) is 27.5. The van der Waals surface area contributed by atoms with E-state index in [2.05, 4.69) is 557 Å². The Morgan fingerprint density at radius 2 is 0.393 bits per heavy atom. The summed E-state index contributed by atoms with van der Waals surface area (Å²) < 4.78 is 7.26. The van der Waals surface area contributed by atoms with E-state index in [1.807, 2.05) is 30.3 Å². The van der Waals surface area contributed by atoms with E-state index in [0.29, 0.717) is 5.82 Å². The van der Waals surface area contributed by atoms with Crippen LogP contribution < -0.4 is 14.7 Å². The van der Waals surface area contributed by atoms with Crippen molar-refractivity contribution in [2.24, 2.45) is 0 Å². The van der Waals surface area contributed by atoms with Gasteiger partial charge in [-0.15, -0.1) is 0 Å². The van der Waals surface area contributed by atoms with Crippen LogP contribution in [0.4, 0.5) is 34.1 Å². The zero-order valence-electron chi connectivity index (χ0n) is 81.6. The van der Waals surface area contributed by atoms with Gasteiger partial charge in [0, 0.05) is 140 Å². The van der Waals surface area contributed by atoms with Gasteiger partial charge < -0.3 is 28.4 Å². The molecule has 0 fully saturated rings. The molecule has 21 aromatic carbocycles. The third-order valence-electron chi connectivity index (χ3n) is 29.5. The predicted octanol–water partition coefficient (Wildman–Crippen LogP) is 36.8. The third-order valence-corrected chi connectivity index (χ3v) is 29.5. The molecular weight excluding hydrogens is 1820 g/mol. The molecule has 0 bridgehead atoms. The van der Waals surface area contributed by atoms with Crippen molar-refractivity contribution in [3.05, 3.63) is 557 Å². The molecule has 0 saturated carbocycles. The third kappa shape index (κ3) is 15.5. The number of hydrogen-bond acceptors (Lipinski definition) is 7. The molecular formula is C140H92N10. The van der Waals surface area contributed by atoms with Gasteiger partial charge in [0.2, 0.25) is 0 Å². The number of pyridine rings is 2. The predicted molar refractivity (Wildman–Crippen MR) is 628 cm³/mol. The van der Waals surface area contributed by atoms with E-state index in [1.54, 1.807) is 0 Å². The maximum absolute atomic E-state index is 5.24. The highest BCUT2D eigenvalue weighted by atomic mass is 15.1. The SMILES string of the molecule is C1=CN(c2ccccc2)c2cccc3cc4c(c1c23)c1ccccc1n4-c1cccc(-c2cc(-c3ccccc3)cc(-c3ccccc3)n2)c1.C1=CN(c2ccccc2)c2cccc3cc4c(c1c23)c1ccccc1n4-c1cccc(-c2cc(-c3ccccc3)nc(-c3ccccc3)c2)c1.C1=CN(c2ccccc2)c2cccc3cc4c(c1c23)c1ccccc1n4-c1cccc(-c2nc(-c3ccccc3)cc(-c3ccccc3)n2)c1. The van der Waals surface area contributed by atoms with Crippen molar-refractivity contribution in [1.29, 1.82) is 0 Å². The zero-order chi connectivity index (χ0) is 99.1. The average molecular weight is 1910 g/mol. The maximum atomic E-state index is 5.24. The Balaban J connectivity index is 0.000000108. The van der Waals surface area contributed by atoms with Crippen LogP contribution in [0.2, 0.25) is 0 Å². The van der Waals surface area contributed by atoms with Crippen molar-refractivity contribution in [2.75, 3.05) is 14.7 Å². The van der Waals surface area contributed by atoms with Crippen molar-refractivity contribution in [2.45, 2.75) is 0 Å². The van der Waals surface area contributed by atoms with Crippen LogP contribution in [0.25, 0.3) is 234 Å². The molecule has 9 heterocycles. The number of rotatable bonds is 15. The van der Waals surface area contributed by atoms with Gasteiger partial charge in [-0.3, -0.25) is 0 Å². The second-order valence-electron chi connectivity index (χ2n) is 38.4. The summed E-state index contributed by atoms with van der Waals surface area (Å²) in [5.41, 5.74) is 38.9. The summed E-state index contributed by atoms with van der Waals surface area (Å²) in [5.74, 6) is 0.696. The molecule has 150 heavy (non-hydrogen) atoms. The molecule has 0 saturated heterocycles. The molecule has 0 radical (unpaired) electrons. The fourth-order valence-electron chi connectivity index (χ4n) is 22.8. The number of aromatic nitrogens is 7. The molecule has 10 heteroatoms. The number of anilines is 6. The van der Waals surface area contributed by atoms with Crippen molar-refractivity contribution < 1.29 is 0 Å². The van der Waals surface area contributed by atoms with Crippen LogP contribution in [0, 0.1) is 0 Å². The molecule has 10 nitrogen and oxygen atoms in total. The van der Waals surface area contributed by atoms with Gasteiger partial charge in [-0.25, -0.2) is 19.9 Å². The van der Waals surface area contributed by atoms with Crippen molar-refractivity contribution in [3.63, 3.8) is 0 Å². The van der Waals surface area contributed by atoms with Crippen LogP contribution in [0.15, 0.2) is 540 Å². The lowest BCUT2D eigenvalue weighted by Crippen LogP contribution is -2.11. The Labute approximate surface area is 867 Å². The van der Waals surface area contributed by atoms with Crippen LogP contribution in [-0.2, 0) is 0 Å². The fraction of sp³-hybridized carbons (Fsp3) is 0. The Kier molecular flexibility index (Phi) is 21.7. The molecule has 0 amide bonds. The molecule has 0 aliphatic carbocycles. The summed E-state index contributed by atoms with van der Waals surface area (Å²) in [6.45, 7) is 0. The Hall–Kier alpha value is -20.2. The topological polar surface area (TPSA) is 76.1 Å². The second kappa shape index (κ2) is 37.2. The van der Waals surface area contributed by atoms with E-state index in [-0.39, 0.29) is 0 Å². The molecule has 702 valence electrons. The first kappa shape index (κ1) is 87.6. The molecule has 30 rings (SSSR count). The van der Waals surface area contributed by atoms with E-state index in [9.17, 15) is 0 Å². The van der Waals surface area contributed by atoms with E-state index in [0.717, 1.165) is 129 Å². The lowest BCUT2D eigenvalue weighted by molar-refractivity contribution is 1.16. The van der Waals surface area contributed by atoms with Gasteiger partial charge in [0.15, 0.2) is 5.82 Å². The Bertz CT molecular complexity index is 8980. The van der Waals surface area contributed by atoms with Gasteiger partial charge in [-0.05, 0) is 231 Å². The lowest BCUT2D eigenvalue weighted by Gasteiger charge is -2.27. The van der Waals surface area contributed by atoms with Crippen molar-refractivity contribution in [3.8, 4) is 118 Å². The highest BCUT2D eigenvalue weighted by Gasteiger charge is 2.30. The van der Waals surface area contributed by atoms with Crippen LogP contribution in [0.1, 0.15) is 16.7 Å². The van der Waals surface area contributed by atoms with Gasteiger partial charge in [0.05, 0.1) is 84.3 Å². The van der Waals surface area contributed by atoms with E-state index in [4.69, 9.17) is 19.9 Å². The van der Waals surface area contributed by atoms with E-state index in [1.165, 1.54) is 132 Å². The van der Waals surface area contributed by atoms with Crippen molar-refractivity contribution >= 4 is 150 Å². The minimum Gasteiger partial charge on any atom is -0.317 e. The van der Waals surface area contributed by atoms with Crippen LogP contribution in [0.3, 0.4) is 0 Å². The summed E-state index contributed by atoms with van der Waals surface area (Å²) in [7, 11) is 0. The first-order valence-electron chi connectivity index (χ1n) is 51.0. The summed E-state index contributed by atoms with van der Waals surface area (Å²) >= 11 is 0. The first-order chi connectivity index (χ1) is 74.4. The fourth-order valence-corrected chi connectivity index (χ4v) is 22.8. The minimum absolute atomic E-state index is 0.696. The highest BCUT2D eigenvalue weighted by Crippen LogP contribution is 2.52. The second-order valence-corrected chi connectivity index (χ2v) is 38.4. The molecule has 0 unspecified atom stereocenters. The molecule has 3 aliphatic heterocycles. The van der Waals surface area contributed by atoms with Crippen LogP contribution >= 0.6 is 0 Å². The van der Waals surface area contributed by atoms with Gasteiger partial charge >= 0.3 is 0 Å². The molecule has 0 spiro atoms. The minimum atomic E-state index is 0.696. The molecule has 3 aliphatic rings. The van der Waals surface area contributed by atoms with Crippen molar-refractivity contribution in [1.82, 2.24) is 33.6 Å². The summed E-state index contributed by atoms with van der Waals surface area (Å²) in [6, 6.07) is 185. The number of hydrogen-bond donors (Lipinski definition) is 0. The maximum Gasteiger partial charge on any atom is 0.160 e. The lowest BCUT2D eigenvalue weighted by atomic mass is 9.94. The highest BCUT2D eigenvalue weighted by molar-refractivity contribution is 6.26. The van der Waals surface area contributed by atoms with Gasteiger partial charge in [0.1, 0.15) is 0 Å². The van der Waals surface area contributed by atoms with E-state index < -0.39 is 0 Å². The molecule has 0 atom stereocenters. The monoisotopic (exact) mass is 1910 g/mol. The molecule has 0 N–H and O–H groups in total.